The summed E-state index contributed by atoms with van der Waals surface area (Å²) in [7, 11) is 0. The van der Waals surface area contributed by atoms with Gasteiger partial charge >= 0.3 is 6.18 Å². The van der Waals surface area contributed by atoms with Gasteiger partial charge in [-0.1, -0.05) is 18.2 Å². The van der Waals surface area contributed by atoms with Crippen molar-refractivity contribution in [3.05, 3.63) is 35.4 Å². The van der Waals surface area contributed by atoms with Crippen molar-refractivity contribution in [2.45, 2.75) is 19.0 Å². The van der Waals surface area contributed by atoms with Crippen LogP contribution in [0.1, 0.15) is 22.3 Å². The van der Waals surface area contributed by atoms with Crippen LogP contribution in [0.25, 0.3) is 0 Å². The fraction of sp³-hybridized carbons (Fsp3) is 0.333. The van der Waals surface area contributed by atoms with E-state index >= 15 is 0 Å². The number of alkyl halides is 3. The molecular weight excluding hydrogens is 261 g/mol. The number of primary amides is 1. The van der Waals surface area contributed by atoms with Gasteiger partial charge in [-0.25, -0.2) is 0 Å². The Morgan fingerprint density at radius 2 is 1.84 bits per heavy atom. The van der Waals surface area contributed by atoms with Crippen LogP contribution in [-0.4, -0.2) is 24.5 Å². The van der Waals surface area contributed by atoms with E-state index in [0.29, 0.717) is 5.56 Å². The van der Waals surface area contributed by atoms with Crippen LogP contribution in [0.4, 0.5) is 13.2 Å². The normalized spacial score (nSPS) is 11.1. The number of aryl methyl sites for hydroxylation is 1. The average Bonchev–Trinajstić information content (AvgIpc) is 2.33. The van der Waals surface area contributed by atoms with Gasteiger partial charge in [-0.15, -0.1) is 0 Å². The maximum Gasteiger partial charge on any atom is 0.405 e. The van der Waals surface area contributed by atoms with Gasteiger partial charge < -0.3 is 11.1 Å². The molecule has 0 bridgehead atoms. The first kappa shape index (κ1) is 15.0. The smallest absolute Gasteiger partial charge is 0.366 e. The van der Waals surface area contributed by atoms with Crippen molar-refractivity contribution in [3.63, 3.8) is 0 Å². The average molecular weight is 274 g/mol. The number of hydrogen-bond donors (Lipinski definition) is 2. The Bertz CT molecular complexity index is 472. The Morgan fingerprint density at radius 3 is 2.42 bits per heavy atom. The molecule has 0 aliphatic rings. The number of halogens is 3. The number of hydrogen-bond acceptors (Lipinski definition) is 2. The lowest BCUT2D eigenvalue weighted by Gasteiger charge is -2.09. The molecule has 3 N–H and O–H groups in total. The molecule has 0 radical (unpaired) electrons. The lowest BCUT2D eigenvalue weighted by Crippen LogP contribution is -2.33. The van der Waals surface area contributed by atoms with Crippen molar-refractivity contribution in [1.82, 2.24) is 5.32 Å². The van der Waals surface area contributed by atoms with Crippen LogP contribution >= 0.6 is 0 Å². The monoisotopic (exact) mass is 274 g/mol. The van der Waals surface area contributed by atoms with Gasteiger partial charge in [0.2, 0.25) is 11.8 Å². The third kappa shape index (κ3) is 5.41. The Balaban J connectivity index is 2.53. The Morgan fingerprint density at radius 1 is 1.21 bits per heavy atom. The molecule has 0 aliphatic heterocycles. The zero-order valence-corrected chi connectivity index (χ0v) is 9.96. The van der Waals surface area contributed by atoms with Gasteiger partial charge in [0.05, 0.1) is 0 Å². The summed E-state index contributed by atoms with van der Waals surface area (Å²) in [5, 5.41) is 1.76. The van der Waals surface area contributed by atoms with Gasteiger partial charge in [-0.3, -0.25) is 9.59 Å². The Labute approximate surface area is 107 Å². The van der Waals surface area contributed by atoms with Gasteiger partial charge in [-0.05, 0) is 18.1 Å². The molecule has 1 rings (SSSR count). The Kier molecular flexibility index (Phi) is 4.91. The van der Waals surface area contributed by atoms with Crippen LogP contribution in [0.2, 0.25) is 0 Å². The van der Waals surface area contributed by atoms with Gasteiger partial charge in [-0.2, -0.15) is 13.2 Å². The molecule has 0 heterocycles. The van der Waals surface area contributed by atoms with Crippen LogP contribution in [0.15, 0.2) is 24.3 Å². The predicted octanol–water partition coefficient (Wildman–Crippen LogP) is 1.40. The summed E-state index contributed by atoms with van der Waals surface area (Å²) < 4.78 is 35.6. The highest BCUT2D eigenvalue weighted by Gasteiger charge is 2.27. The largest absolute Gasteiger partial charge is 0.405 e. The number of benzene rings is 1. The second kappa shape index (κ2) is 6.21. The van der Waals surface area contributed by atoms with Gasteiger partial charge in [0.15, 0.2) is 0 Å². The first-order valence-corrected chi connectivity index (χ1v) is 5.51. The topological polar surface area (TPSA) is 72.2 Å². The maximum absolute atomic E-state index is 11.9. The Hall–Kier alpha value is -2.05. The summed E-state index contributed by atoms with van der Waals surface area (Å²) in [5.41, 5.74) is 5.96. The summed E-state index contributed by atoms with van der Waals surface area (Å²) in [5.74, 6) is -1.36. The maximum atomic E-state index is 11.9. The highest BCUT2D eigenvalue weighted by Crippen LogP contribution is 2.13. The predicted molar refractivity (Wildman–Crippen MR) is 62.3 cm³/mol. The minimum absolute atomic E-state index is 0.139. The van der Waals surface area contributed by atoms with Crippen LogP contribution in [-0.2, 0) is 11.2 Å². The molecule has 0 aromatic heterocycles. The molecular formula is C12H13F3N2O2. The molecule has 0 atom stereocenters. The molecule has 4 nitrogen and oxygen atoms in total. The summed E-state index contributed by atoms with van der Waals surface area (Å²) in [4.78, 5) is 22.3. The summed E-state index contributed by atoms with van der Waals surface area (Å²) >= 11 is 0. The van der Waals surface area contributed by atoms with E-state index < -0.39 is 24.5 Å². The third-order valence-electron chi connectivity index (χ3n) is 2.39. The van der Waals surface area contributed by atoms with Crippen LogP contribution in [0, 0.1) is 0 Å². The molecule has 19 heavy (non-hydrogen) atoms. The van der Waals surface area contributed by atoms with Gasteiger partial charge in [0.25, 0.3) is 0 Å². The SMILES string of the molecule is NC(=O)c1ccccc1CCC(=O)NCC(F)(F)F. The molecule has 0 aliphatic carbocycles. The number of nitrogens with one attached hydrogen (secondary N) is 1. The number of amides is 2. The highest BCUT2D eigenvalue weighted by molar-refractivity contribution is 5.94. The van der Waals surface area contributed by atoms with Crippen molar-refractivity contribution >= 4 is 11.8 Å². The van der Waals surface area contributed by atoms with E-state index in [0.717, 1.165) is 0 Å². The lowest BCUT2D eigenvalue weighted by atomic mass is 10.0. The zero-order valence-electron chi connectivity index (χ0n) is 9.96. The molecule has 7 heteroatoms. The van der Waals surface area contributed by atoms with E-state index in [9.17, 15) is 22.8 Å². The second-order valence-corrected chi connectivity index (χ2v) is 3.91. The molecule has 1 aromatic rings. The number of carbonyl (C=O) groups excluding carboxylic acids is 2. The molecule has 2 amide bonds. The van der Waals surface area contributed by atoms with E-state index in [1.165, 1.54) is 6.07 Å². The van der Waals surface area contributed by atoms with E-state index in [2.05, 4.69) is 0 Å². The van der Waals surface area contributed by atoms with E-state index in [-0.39, 0.29) is 18.4 Å². The summed E-state index contributed by atoms with van der Waals surface area (Å²) in [6.45, 7) is -1.36. The highest BCUT2D eigenvalue weighted by atomic mass is 19.4. The minimum atomic E-state index is -4.43. The third-order valence-corrected chi connectivity index (χ3v) is 2.39. The van der Waals surface area contributed by atoms with E-state index in [4.69, 9.17) is 5.73 Å². The molecule has 104 valence electrons. The molecule has 0 saturated carbocycles. The summed E-state index contributed by atoms with van der Waals surface area (Å²) in [6, 6.07) is 6.39. The number of rotatable bonds is 5. The quantitative estimate of drug-likeness (QED) is 0.851. The first-order valence-electron chi connectivity index (χ1n) is 5.51. The van der Waals surface area contributed by atoms with Crippen LogP contribution in [0.5, 0.6) is 0 Å². The fourth-order valence-electron chi connectivity index (χ4n) is 1.51. The molecule has 0 fully saturated rings. The van der Waals surface area contributed by atoms with Crippen LogP contribution in [0.3, 0.4) is 0 Å². The molecule has 0 unspecified atom stereocenters. The van der Waals surface area contributed by atoms with Crippen molar-refractivity contribution < 1.29 is 22.8 Å². The van der Waals surface area contributed by atoms with Crippen molar-refractivity contribution in [3.8, 4) is 0 Å². The van der Waals surface area contributed by atoms with E-state index in [1.54, 1.807) is 23.5 Å². The van der Waals surface area contributed by atoms with Crippen LogP contribution < -0.4 is 11.1 Å². The fourth-order valence-corrected chi connectivity index (χ4v) is 1.51. The lowest BCUT2D eigenvalue weighted by molar-refractivity contribution is -0.138. The number of carbonyl (C=O) groups is 2. The zero-order chi connectivity index (χ0) is 14.5. The van der Waals surface area contributed by atoms with Crippen molar-refractivity contribution in [2.24, 2.45) is 5.73 Å². The number of nitrogens with two attached hydrogens (primary N) is 1. The molecule has 0 spiro atoms. The first-order chi connectivity index (χ1) is 8.79. The summed E-state index contributed by atoms with van der Waals surface area (Å²) in [6.07, 6.45) is -4.41. The van der Waals surface area contributed by atoms with E-state index in [1.807, 2.05) is 0 Å². The molecule has 1 aromatic carbocycles. The van der Waals surface area contributed by atoms with Crippen molar-refractivity contribution in [2.75, 3.05) is 6.54 Å². The molecule has 0 saturated heterocycles. The second-order valence-electron chi connectivity index (χ2n) is 3.91. The van der Waals surface area contributed by atoms with Crippen molar-refractivity contribution in [1.29, 1.82) is 0 Å². The minimum Gasteiger partial charge on any atom is -0.366 e. The van der Waals surface area contributed by atoms with Gasteiger partial charge in [0.1, 0.15) is 6.54 Å². The van der Waals surface area contributed by atoms with Gasteiger partial charge in [0, 0.05) is 12.0 Å². The standard InChI is InChI=1S/C12H13F3N2O2/c13-12(14,15)7-17-10(18)6-5-8-3-1-2-4-9(8)11(16)19/h1-4H,5-7H2,(H2,16,19)(H,17,18).